The topological polar surface area (TPSA) is 79.8 Å². The van der Waals surface area contributed by atoms with Gasteiger partial charge in [-0.1, -0.05) is 36.2 Å². The fraction of sp³-hybridized carbons (Fsp3) is 0.321. The van der Waals surface area contributed by atoms with E-state index in [4.69, 9.17) is 16.3 Å². The summed E-state index contributed by atoms with van der Waals surface area (Å²) in [6, 6.07) is 21.0. The van der Waals surface area contributed by atoms with Gasteiger partial charge in [0.25, 0.3) is 0 Å². The van der Waals surface area contributed by atoms with Crippen molar-refractivity contribution >= 4 is 34.0 Å². The molecule has 0 radical (unpaired) electrons. The first-order valence-corrected chi connectivity index (χ1v) is 14.1. The number of aliphatic imine (C=N–C) groups is 1. The molecule has 1 fully saturated rings. The van der Waals surface area contributed by atoms with E-state index in [1.54, 1.807) is 12.1 Å². The summed E-state index contributed by atoms with van der Waals surface area (Å²) in [6.45, 7) is 4.78. The van der Waals surface area contributed by atoms with E-state index in [9.17, 15) is 8.42 Å². The molecular formula is C28H30ClN3O3S. The zero-order chi connectivity index (χ0) is 25.2. The predicted octanol–water partition coefficient (Wildman–Crippen LogP) is 5.34. The van der Waals surface area contributed by atoms with Gasteiger partial charge in [0.1, 0.15) is 12.4 Å². The first kappa shape index (κ1) is 25.0. The van der Waals surface area contributed by atoms with E-state index in [1.165, 1.54) is 35.2 Å². The molecule has 1 heterocycles. The highest BCUT2D eigenvalue weighted by molar-refractivity contribution is 7.89. The molecule has 3 aromatic carbocycles. The van der Waals surface area contributed by atoms with Crippen LogP contribution in [-0.4, -0.2) is 34.8 Å². The van der Waals surface area contributed by atoms with E-state index in [2.05, 4.69) is 46.0 Å². The molecule has 5 rings (SSSR count). The molecule has 3 aromatic rings. The molecule has 8 heteroatoms. The van der Waals surface area contributed by atoms with Crippen molar-refractivity contribution in [1.82, 2.24) is 10.0 Å². The van der Waals surface area contributed by atoms with Crippen molar-refractivity contribution in [2.45, 2.75) is 42.0 Å². The smallest absolute Gasteiger partial charge is 0.240 e. The summed E-state index contributed by atoms with van der Waals surface area (Å²) in [5.41, 5.74) is 4.60. The Morgan fingerprint density at radius 2 is 1.83 bits per heavy atom. The number of nitrogens with zero attached hydrogens (tertiary/aromatic N) is 1. The maximum atomic E-state index is 12.6. The molecule has 2 aliphatic rings. The molecule has 0 aromatic heterocycles. The minimum atomic E-state index is -3.62. The zero-order valence-corrected chi connectivity index (χ0v) is 21.6. The molecule has 1 saturated carbocycles. The molecular weight excluding hydrogens is 494 g/mol. The number of benzene rings is 3. The van der Waals surface area contributed by atoms with E-state index < -0.39 is 10.0 Å². The molecule has 1 aliphatic heterocycles. The molecule has 1 aliphatic carbocycles. The molecule has 188 valence electrons. The fourth-order valence-corrected chi connectivity index (χ4v) is 6.49. The molecule has 1 atom stereocenters. The van der Waals surface area contributed by atoms with E-state index in [1.807, 2.05) is 18.2 Å². The van der Waals surface area contributed by atoms with Gasteiger partial charge in [-0.25, -0.2) is 13.1 Å². The molecule has 2 N–H and O–H groups in total. The lowest BCUT2D eigenvalue weighted by Gasteiger charge is -2.50. The second kappa shape index (κ2) is 10.3. The number of halogens is 1. The molecule has 0 saturated heterocycles. The molecule has 0 amide bonds. The molecule has 1 unspecified atom stereocenters. The number of rotatable bonds is 9. The van der Waals surface area contributed by atoms with Gasteiger partial charge in [-0.15, -0.1) is 0 Å². The molecule has 36 heavy (non-hydrogen) atoms. The van der Waals surface area contributed by atoms with Gasteiger partial charge in [0, 0.05) is 23.0 Å². The minimum Gasteiger partial charge on any atom is -0.492 e. The van der Waals surface area contributed by atoms with Crippen LogP contribution in [0, 0.1) is 0 Å². The van der Waals surface area contributed by atoms with Crippen molar-refractivity contribution in [2.75, 3.05) is 19.7 Å². The third kappa shape index (κ3) is 4.93. The lowest BCUT2D eigenvalue weighted by atomic mass is 9.58. The largest absolute Gasteiger partial charge is 0.492 e. The van der Waals surface area contributed by atoms with Gasteiger partial charge in [-0.2, -0.15) is 0 Å². The van der Waals surface area contributed by atoms with Crippen molar-refractivity contribution in [3.63, 3.8) is 0 Å². The Balaban J connectivity index is 1.27. The van der Waals surface area contributed by atoms with Crippen LogP contribution in [0.1, 0.15) is 42.0 Å². The van der Waals surface area contributed by atoms with Gasteiger partial charge in [0.05, 0.1) is 10.6 Å². The Kier molecular flexibility index (Phi) is 7.17. The van der Waals surface area contributed by atoms with Gasteiger partial charge in [-0.3, -0.25) is 4.99 Å². The second-order valence-corrected chi connectivity index (χ2v) is 11.6. The van der Waals surface area contributed by atoms with Crippen LogP contribution in [0.4, 0.5) is 5.69 Å². The van der Waals surface area contributed by atoms with Crippen LogP contribution in [0.25, 0.3) is 0 Å². The minimum absolute atomic E-state index is 0.0463. The van der Waals surface area contributed by atoms with E-state index in [-0.39, 0.29) is 29.5 Å². The van der Waals surface area contributed by atoms with Crippen LogP contribution in [0.15, 0.2) is 76.6 Å². The van der Waals surface area contributed by atoms with Crippen LogP contribution in [0.5, 0.6) is 5.75 Å². The van der Waals surface area contributed by atoms with Gasteiger partial charge in [0.2, 0.25) is 10.0 Å². The molecule has 0 spiro atoms. The van der Waals surface area contributed by atoms with E-state index >= 15 is 0 Å². The summed E-state index contributed by atoms with van der Waals surface area (Å²) in [7, 11) is -3.62. The van der Waals surface area contributed by atoms with Gasteiger partial charge in [0.15, 0.2) is 0 Å². The summed E-state index contributed by atoms with van der Waals surface area (Å²) >= 11 is 6.17. The first-order chi connectivity index (χ1) is 17.4. The number of hydrogen-bond donors (Lipinski definition) is 2. The number of nitrogens with one attached hydrogen (secondary N) is 2. The average Bonchev–Trinajstić information content (AvgIpc) is 2.87. The first-order valence-electron chi connectivity index (χ1n) is 12.2. The summed E-state index contributed by atoms with van der Waals surface area (Å²) in [5.74, 6) is 0.744. The van der Waals surface area contributed by atoms with Crippen molar-refractivity contribution < 1.29 is 13.2 Å². The standard InChI is InChI=1S/C28H30ClN3O3S/c1-30-23-8-11-25(12-9-23)36(33,34)32-17-18-35-24-10-3-20-13-16-31-27(26(20)19-24)28(14-2-15-28)21-4-6-22(29)7-5-21/h3-12,19,27,31-32H,1-2,13-18H2. The van der Waals surface area contributed by atoms with Crippen molar-refractivity contribution in [3.05, 3.63) is 88.4 Å². The highest BCUT2D eigenvalue weighted by Gasteiger charge is 2.47. The number of ether oxygens (including phenoxy) is 1. The van der Waals surface area contributed by atoms with Crippen LogP contribution >= 0.6 is 11.6 Å². The summed E-state index contributed by atoms with van der Waals surface area (Å²) in [6.07, 6.45) is 4.44. The Hall–Kier alpha value is -2.71. The summed E-state index contributed by atoms with van der Waals surface area (Å²) in [4.78, 5) is 3.97. The lowest BCUT2D eigenvalue weighted by molar-refractivity contribution is 0.164. The maximum absolute atomic E-state index is 12.6. The zero-order valence-electron chi connectivity index (χ0n) is 20.0. The lowest BCUT2D eigenvalue weighted by Crippen LogP contribution is -2.49. The highest BCUT2D eigenvalue weighted by Crippen LogP contribution is 2.53. The van der Waals surface area contributed by atoms with E-state index in [0.29, 0.717) is 5.69 Å². The molecule has 0 bridgehead atoms. The van der Waals surface area contributed by atoms with Gasteiger partial charge < -0.3 is 10.1 Å². The van der Waals surface area contributed by atoms with Crippen LogP contribution < -0.4 is 14.8 Å². The molecule has 6 nitrogen and oxygen atoms in total. The third-order valence-corrected chi connectivity index (χ3v) is 9.11. The Bertz CT molecular complexity index is 1340. The van der Waals surface area contributed by atoms with Crippen molar-refractivity contribution in [2.24, 2.45) is 4.99 Å². The van der Waals surface area contributed by atoms with E-state index in [0.717, 1.165) is 36.6 Å². The third-order valence-electron chi connectivity index (χ3n) is 7.38. The number of hydrogen-bond acceptors (Lipinski definition) is 5. The van der Waals surface area contributed by atoms with Crippen LogP contribution in [0.3, 0.4) is 0 Å². The Labute approximate surface area is 217 Å². The Morgan fingerprint density at radius 3 is 2.50 bits per heavy atom. The average molecular weight is 524 g/mol. The fourth-order valence-electron chi connectivity index (χ4n) is 5.36. The predicted molar refractivity (Wildman–Crippen MR) is 144 cm³/mol. The second-order valence-electron chi connectivity index (χ2n) is 9.41. The monoisotopic (exact) mass is 523 g/mol. The highest BCUT2D eigenvalue weighted by atomic mass is 35.5. The van der Waals surface area contributed by atoms with Crippen molar-refractivity contribution in [1.29, 1.82) is 0 Å². The van der Waals surface area contributed by atoms with Crippen molar-refractivity contribution in [3.8, 4) is 5.75 Å². The van der Waals surface area contributed by atoms with Crippen LogP contribution in [-0.2, 0) is 21.9 Å². The Morgan fingerprint density at radius 1 is 1.08 bits per heavy atom. The summed E-state index contributed by atoms with van der Waals surface area (Å²) < 4.78 is 33.7. The number of sulfonamides is 1. The van der Waals surface area contributed by atoms with Gasteiger partial charge >= 0.3 is 0 Å². The quantitative estimate of drug-likeness (QED) is 0.293. The SMILES string of the molecule is C=Nc1ccc(S(=O)(=O)NCCOc2ccc3c(c2)C(C2(c4ccc(Cl)cc4)CCC2)NCC3)cc1. The summed E-state index contributed by atoms with van der Waals surface area (Å²) in [5, 5.41) is 4.53. The van der Waals surface area contributed by atoms with Gasteiger partial charge in [-0.05, 0) is 97.7 Å². The number of fused-ring (bicyclic) bond motifs is 1. The van der Waals surface area contributed by atoms with Crippen LogP contribution in [0.2, 0.25) is 5.02 Å². The maximum Gasteiger partial charge on any atom is 0.240 e. The normalized spacial score (nSPS) is 18.6.